The van der Waals surface area contributed by atoms with Crippen molar-refractivity contribution in [2.75, 3.05) is 72.0 Å². The highest BCUT2D eigenvalue weighted by Crippen LogP contribution is 2.42. The molecule has 2 aliphatic carbocycles. The summed E-state index contributed by atoms with van der Waals surface area (Å²) < 4.78 is 0. The molecule has 246 valence electrons. The summed E-state index contributed by atoms with van der Waals surface area (Å²) in [6.07, 6.45) is 15.0. The molecule has 2 aromatic rings. The molecule has 0 radical (unpaired) electrons. The number of aliphatic hydroxyl groups excluding tert-OH is 1. The second-order valence-corrected chi connectivity index (χ2v) is 14.0. The van der Waals surface area contributed by atoms with Crippen molar-refractivity contribution in [3.05, 3.63) is 22.8 Å². The summed E-state index contributed by atoms with van der Waals surface area (Å²) in [5.41, 5.74) is 2.34. The minimum absolute atomic E-state index is 0. The molecule has 0 bridgehead atoms. The normalized spacial score (nSPS) is 22.4. The van der Waals surface area contributed by atoms with E-state index < -0.39 is 0 Å². The topological polar surface area (TPSA) is 133 Å². The van der Waals surface area contributed by atoms with Gasteiger partial charge < -0.3 is 30.2 Å². The molecular weight excluding hydrogens is 568 g/mol. The number of aliphatic hydroxyl groups is 1. The predicted octanol–water partition coefficient (Wildman–Crippen LogP) is 3.83. The monoisotopic (exact) mass is 620 g/mol. The molecule has 2 aromatic heterocycles. The fourth-order valence-corrected chi connectivity index (χ4v) is 7.02. The van der Waals surface area contributed by atoms with Crippen LogP contribution < -0.4 is 19.6 Å². The van der Waals surface area contributed by atoms with E-state index in [-0.39, 0.29) is 11.6 Å². The number of rotatable bonds is 6. The summed E-state index contributed by atoms with van der Waals surface area (Å²) in [6, 6.07) is 0. The Morgan fingerprint density at radius 1 is 0.556 bits per heavy atom. The van der Waals surface area contributed by atoms with Crippen molar-refractivity contribution in [1.82, 2.24) is 19.9 Å². The molecule has 11 nitrogen and oxygen atoms in total. The molecule has 0 spiro atoms. The SMILES string of the molecule is Cc1c(N2CCCCCC2)nc(C2CC2)nc1N1CC(=O)C1.Cc1c(N2CCCCCC2)nc(C2CC2)nc1N1CC(O)C1.O. The van der Waals surface area contributed by atoms with Crippen LogP contribution >= 0.6 is 0 Å². The van der Waals surface area contributed by atoms with Gasteiger partial charge in [-0.2, -0.15) is 0 Å². The van der Waals surface area contributed by atoms with Gasteiger partial charge in [-0.15, -0.1) is 0 Å². The number of carbonyl (C=O) groups is 1. The predicted molar refractivity (Wildman–Crippen MR) is 178 cm³/mol. The molecule has 0 atom stereocenters. The van der Waals surface area contributed by atoms with E-state index >= 15 is 0 Å². The number of ketones is 1. The Bertz CT molecular complexity index is 1330. The van der Waals surface area contributed by atoms with Crippen molar-refractivity contribution in [2.24, 2.45) is 0 Å². The summed E-state index contributed by atoms with van der Waals surface area (Å²) in [5, 5.41) is 9.62. The van der Waals surface area contributed by atoms with Gasteiger partial charge in [-0.3, -0.25) is 4.79 Å². The van der Waals surface area contributed by atoms with Crippen LogP contribution in [-0.2, 0) is 4.79 Å². The average molecular weight is 621 g/mol. The van der Waals surface area contributed by atoms with E-state index in [1.807, 2.05) is 0 Å². The number of Topliss-reactive ketones (excluding diaryl/α,β-unsaturated/α-hetero) is 1. The van der Waals surface area contributed by atoms with Gasteiger partial charge in [-0.1, -0.05) is 25.7 Å². The average Bonchev–Trinajstić information content (AvgIpc) is 3.87. The van der Waals surface area contributed by atoms with Crippen LogP contribution in [0.1, 0.15) is 112 Å². The molecule has 6 fully saturated rings. The van der Waals surface area contributed by atoms with Crippen LogP contribution in [0.5, 0.6) is 0 Å². The molecule has 4 saturated heterocycles. The first-order valence-electron chi connectivity index (χ1n) is 17.4. The van der Waals surface area contributed by atoms with Gasteiger partial charge in [0.2, 0.25) is 0 Å². The zero-order valence-electron chi connectivity index (χ0n) is 27.3. The number of β-amino-alcohol motifs (C(OH)–C–C–N with tert-alkyl or cyclic N) is 1. The first kappa shape index (κ1) is 31.9. The molecule has 6 aliphatic rings. The summed E-state index contributed by atoms with van der Waals surface area (Å²) in [4.78, 5) is 40.1. The summed E-state index contributed by atoms with van der Waals surface area (Å²) in [5.74, 6) is 7.77. The first-order valence-corrected chi connectivity index (χ1v) is 17.4. The van der Waals surface area contributed by atoms with Gasteiger partial charge in [0.05, 0.1) is 19.2 Å². The summed E-state index contributed by atoms with van der Waals surface area (Å²) in [7, 11) is 0. The van der Waals surface area contributed by atoms with Crippen LogP contribution in [-0.4, -0.2) is 94.8 Å². The quantitative estimate of drug-likeness (QED) is 0.508. The minimum atomic E-state index is -0.194. The third-order valence-electron chi connectivity index (χ3n) is 10.1. The van der Waals surface area contributed by atoms with Crippen LogP contribution in [0, 0.1) is 13.8 Å². The Hall–Kier alpha value is -3.05. The van der Waals surface area contributed by atoms with Crippen LogP contribution in [0.25, 0.3) is 0 Å². The van der Waals surface area contributed by atoms with Gasteiger partial charge in [-0.25, -0.2) is 19.9 Å². The largest absolute Gasteiger partial charge is 0.412 e. The van der Waals surface area contributed by atoms with Crippen LogP contribution in [0.3, 0.4) is 0 Å². The number of hydrogen-bond donors (Lipinski definition) is 1. The van der Waals surface area contributed by atoms with Gasteiger partial charge in [0.15, 0.2) is 5.78 Å². The highest BCUT2D eigenvalue weighted by atomic mass is 16.3. The highest BCUT2D eigenvalue weighted by molar-refractivity contribution is 5.95. The second kappa shape index (κ2) is 13.7. The Morgan fingerprint density at radius 3 is 1.24 bits per heavy atom. The number of aromatic nitrogens is 4. The fraction of sp³-hybridized carbons (Fsp3) is 0.735. The zero-order chi connectivity index (χ0) is 30.2. The molecule has 4 aliphatic heterocycles. The molecular formula is C34H52N8O3. The molecule has 0 aromatic carbocycles. The van der Waals surface area contributed by atoms with E-state index in [0.29, 0.717) is 43.8 Å². The maximum absolute atomic E-state index is 11.4. The number of nitrogens with zero attached hydrogens (tertiary/aromatic N) is 8. The van der Waals surface area contributed by atoms with E-state index in [2.05, 4.69) is 33.4 Å². The zero-order valence-corrected chi connectivity index (χ0v) is 27.3. The van der Waals surface area contributed by atoms with Crippen LogP contribution in [0.4, 0.5) is 23.3 Å². The van der Waals surface area contributed by atoms with E-state index in [1.54, 1.807) is 0 Å². The van der Waals surface area contributed by atoms with E-state index in [9.17, 15) is 9.90 Å². The van der Waals surface area contributed by atoms with E-state index in [0.717, 1.165) is 66.7 Å². The fourth-order valence-electron chi connectivity index (χ4n) is 7.02. The first-order chi connectivity index (χ1) is 21.4. The van der Waals surface area contributed by atoms with E-state index in [4.69, 9.17) is 19.9 Å². The molecule has 45 heavy (non-hydrogen) atoms. The molecule has 0 amide bonds. The lowest BCUT2D eigenvalue weighted by atomic mass is 10.1. The number of hydrogen-bond acceptors (Lipinski definition) is 10. The van der Waals surface area contributed by atoms with Crippen molar-refractivity contribution >= 4 is 29.1 Å². The summed E-state index contributed by atoms with van der Waals surface area (Å²) in [6.45, 7) is 11.1. The lowest BCUT2D eigenvalue weighted by Crippen LogP contribution is -2.51. The van der Waals surface area contributed by atoms with Crippen molar-refractivity contribution in [3.8, 4) is 0 Å². The van der Waals surface area contributed by atoms with Crippen LogP contribution in [0.2, 0.25) is 0 Å². The summed E-state index contributed by atoms with van der Waals surface area (Å²) >= 11 is 0. The Morgan fingerprint density at radius 2 is 0.911 bits per heavy atom. The lowest BCUT2D eigenvalue weighted by molar-refractivity contribution is -0.119. The molecule has 3 N–H and O–H groups in total. The smallest absolute Gasteiger partial charge is 0.171 e. The minimum Gasteiger partial charge on any atom is -0.412 e. The van der Waals surface area contributed by atoms with E-state index in [1.165, 1.54) is 82.6 Å². The molecule has 2 saturated carbocycles. The lowest BCUT2D eigenvalue weighted by Gasteiger charge is -2.38. The maximum atomic E-state index is 11.4. The third kappa shape index (κ3) is 7.19. The van der Waals surface area contributed by atoms with Gasteiger partial charge in [0.25, 0.3) is 0 Å². The van der Waals surface area contributed by atoms with Crippen molar-refractivity contribution in [2.45, 2.75) is 109 Å². The van der Waals surface area contributed by atoms with Crippen molar-refractivity contribution < 1.29 is 15.4 Å². The molecule has 11 heteroatoms. The number of anilines is 4. The van der Waals surface area contributed by atoms with Gasteiger partial charge in [-0.05, 0) is 65.2 Å². The second-order valence-electron chi connectivity index (χ2n) is 14.0. The maximum Gasteiger partial charge on any atom is 0.171 e. The molecule has 8 rings (SSSR count). The molecule has 0 unspecified atom stereocenters. The standard InChI is InChI=1S/C17H26N4O.C17H24N4O.H2O/c2*1-12-16(20-8-4-2-3-5-9-20)18-15(13-6-7-13)19-17(12)21-10-14(22)11-21;/h13-14,22H,2-11H2,1H3;13H,2-11H2,1H3;1H2. The van der Waals surface area contributed by atoms with Gasteiger partial charge in [0, 0.05) is 62.2 Å². The van der Waals surface area contributed by atoms with Crippen LogP contribution in [0.15, 0.2) is 0 Å². The third-order valence-corrected chi connectivity index (χ3v) is 10.1. The van der Waals surface area contributed by atoms with Crippen molar-refractivity contribution in [1.29, 1.82) is 0 Å². The Kier molecular flexibility index (Phi) is 9.75. The molecule has 6 heterocycles. The van der Waals surface area contributed by atoms with Gasteiger partial charge >= 0.3 is 0 Å². The Balaban J connectivity index is 0.000000155. The van der Waals surface area contributed by atoms with Crippen molar-refractivity contribution in [3.63, 3.8) is 0 Å². The highest BCUT2D eigenvalue weighted by Gasteiger charge is 2.34. The number of carbonyl (C=O) groups excluding carboxylic acids is 1. The Labute approximate surface area is 267 Å². The van der Waals surface area contributed by atoms with Gasteiger partial charge in [0.1, 0.15) is 34.9 Å².